The maximum atomic E-state index is 14.0. The maximum absolute atomic E-state index is 14.0. The first-order chi connectivity index (χ1) is 14.3. The molecule has 0 aliphatic carbocycles. The molecule has 0 fully saturated rings. The molecule has 0 saturated heterocycles. The molecule has 1 N–H and O–H groups in total. The van der Waals surface area contributed by atoms with Crippen LogP contribution in [0.5, 0.6) is 0 Å². The number of benzene rings is 3. The lowest BCUT2D eigenvalue weighted by atomic mass is 10.1. The molecular weight excluding hydrogens is 403 g/mol. The number of nitrogens with one attached hydrogen (secondary N) is 1. The van der Waals surface area contributed by atoms with Crippen LogP contribution in [0.1, 0.15) is 34.5 Å². The van der Waals surface area contributed by atoms with Gasteiger partial charge >= 0.3 is 0 Å². The summed E-state index contributed by atoms with van der Waals surface area (Å²) in [5.41, 5.74) is 2.01. The van der Waals surface area contributed by atoms with Crippen molar-refractivity contribution >= 4 is 21.6 Å². The van der Waals surface area contributed by atoms with E-state index in [2.05, 4.69) is 5.32 Å². The summed E-state index contributed by atoms with van der Waals surface area (Å²) in [6.07, 6.45) is 1.07. The Hall–Kier alpha value is -3.19. The summed E-state index contributed by atoms with van der Waals surface area (Å²) in [5.74, 6) is -0.741. The van der Waals surface area contributed by atoms with Gasteiger partial charge in [0.1, 0.15) is 5.82 Å². The summed E-state index contributed by atoms with van der Waals surface area (Å²) in [4.78, 5) is 12.5. The highest BCUT2D eigenvalue weighted by Crippen LogP contribution is 2.23. The zero-order valence-electron chi connectivity index (χ0n) is 16.7. The van der Waals surface area contributed by atoms with Crippen molar-refractivity contribution in [2.45, 2.75) is 19.5 Å². The van der Waals surface area contributed by atoms with Gasteiger partial charge in [0.2, 0.25) is 10.0 Å². The van der Waals surface area contributed by atoms with Crippen LogP contribution in [0.4, 0.5) is 10.1 Å². The van der Waals surface area contributed by atoms with Crippen LogP contribution in [0.15, 0.2) is 78.9 Å². The second kappa shape index (κ2) is 9.09. The molecule has 3 rings (SSSR count). The predicted octanol–water partition coefficient (Wildman–Crippen LogP) is 4.28. The number of sulfonamides is 1. The van der Waals surface area contributed by atoms with Crippen LogP contribution < -0.4 is 9.62 Å². The van der Waals surface area contributed by atoms with Crippen LogP contribution in [-0.4, -0.2) is 20.6 Å². The Kier molecular flexibility index (Phi) is 6.52. The van der Waals surface area contributed by atoms with E-state index in [1.807, 2.05) is 37.3 Å². The van der Waals surface area contributed by atoms with Crippen molar-refractivity contribution in [3.8, 4) is 0 Å². The molecule has 7 heteroatoms. The molecule has 3 aromatic carbocycles. The third kappa shape index (κ3) is 5.24. The fourth-order valence-corrected chi connectivity index (χ4v) is 3.94. The number of hydrogen-bond donors (Lipinski definition) is 1. The first-order valence-electron chi connectivity index (χ1n) is 9.42. The van der Waals surface area contributed by atoms with E-state index < -0.39 is 15.8 Å². The van der Waals surface area contributed by atoms with Crippen molar-refractivity contribution in [3.05, 3.63) is 101 Å². The summed E-state index contributed by atoms with van der Waals surface area (Å²) < 4.78 is 39.7. The number of rotatable bonds is 7. The standard InChI is InChI=1S/C23H23FN2O3S/c1-17(18-8-4-3-5-9-18)25-23(27)19-12-14-21(15-13-19)26(30(2,28)29)16-20-10-6-7-11-22(20)24/h3-15,17H,16H2,1-2H3,(H,25,27)/t17-/m1/s1. The van der Waals surface area contributed by atoms with Gasteiger partial charge in [-0.3, -0.25) is 9.10 Å². The molecule has 3 aromatic rings. The van der Waals surface area contributed by atoms with Gasteiger partial charge in [0.05, 0.1) is 24.5 Å². The van der Waals surface area contributed by atoms with Crippen molar-refractivity contribution < 1.29 is 17.6 Å². The van der Waals surface area contributed by atoms with E-state index in [4.69, 9.17) is 0 Å². The molecule has 0 bridgehead atoms. The predicted molar refractivity (Wildman–Crippen MR) is 116 cm³/mol. The zero-order chi connectivity index (χ0) is 21.7. The molecule has 0 radical (unpaired) electrons. The Morgan fingerprint density at radius 1 is 0.967 bits per heavy atom. The van der Waals surface area contributed by atoms with E-state index in [9.17, 15) is 17.6 Å². The van der Waals surface area contributed by atoms with Crippen LogP contribution in [-0.2, 0) is 16.6 Å². The summed E-state index contributed by atoms with van der Waals surface area (Å²) in [5, 5.41) is 2.92. The number of nitrogens with zero attached hydrogens (tertiary/aromatic N) is 1. The summed E-state index contributed by atoms with van der Waals surface area (Å²) in [7, 11) is -3.65. The van der Waals surface area contributed by atoms with Crippen molar-refractivity contribution in [1.82, 2.24) is 5.32 Å². The molecule has 30 heavy (non-hydrogen) atoms. The van der Waals surface area contributed by atoms with Crippen LogP contribution in [0.3, 0.4) is 0 Å². The van der Waals surface area contributed by atoms with E-state index in [0.717, 1.165) is 16.1 Å². The lowest BCUT2D eigenvalue weighted by Gasteiger charge is -2.23. The molecule has 0 unspecified atom stereocenters. The number of carbonyl (C=O) groups is 1. The van der Waals surface area contributed by atoms with Gasteiger partial charge in [-0.05, 0) is 42.8 Å². The van der Waals surface area contributed by atoms with Gasteiger partial charge in [-0.1, -0.05) is 48.5 Å². The van der Waals surface area contributed by atoms with E-state index in [1.165, 1.54) is 6.07 Å². The molecule has 0 saturated carbocycles. The minimum atomic E-state index is -3.65. The summed E-state index contributed by atoms with van der Waals surface area (Å²) >= 11 is 0. The van der Waals surface area contributed by atoms with E-state index in [1.54, 1.807) is 42.5 Å². The fraction of sp³-hybridized carbons (Fsp3) is 0.174. The van der Waals surface area contributed by atoms with Gasteiger partial charge in [-0.25, -0.2) is 12.8 Å². The number of carbonyl (C=O) groups excluding carboxylic acids is 1. The highest BCUT2D eigenvalue weighted by Gasteiger charge is 2.20. The second-order valence-corrected chi connectivity index (χ2v) is 8.92. The fourth-order valence-electron chi connectivity index (χ4n) is 3.07. The van der Waals surface area contributed by atoms with Gasteiger partial charge in [-0.15, -0.1) is 0 Å². The van der Waals surface area contributed by atoms with Crippen LogP contribution in [0.2, 0.25) is 0 Å². The molecule has 0 aliphatic rings. The average molecular weight is 427 g/mol. The first kappa shape index (κ1) is 21.5. The number of anilines is 1. The molecular formula is C23H23FN2O3S. The Balaban J connectivity index is 1.78. The third-order valence-corrected chi connectivity index (χ3v) is 5.88. The van der Waals surface area contributed by atoms with Crippen molar-refractivity contribution in [1.29, 1.82) is 0 Å². The number of hydrogen-bond acceptors (Lipinski definition) is 3. The van der Waals surface area contributed by atoms with E-state index in [0.29, 0.717) is 11.3 Å². The minimum Gasteiger partial charge on any atom is -0.346 e. The summed E-state index contributed by atoms with van der Waals surface area (Å²) in [6, 6.07) is 21.6. The highest BCUT2D eigenvalue weighted by molar-refractivity contribution is 7.92. The van der Waals surface area contributed by atoms with Crippen LogP contribution in [0, 0.1) is 5.82 Å². The maximum Gasteiger partial charge on any atom is 0.251 e. The second-order valence-electron chi connectivity index (χ2n) is 7.01. The normalized spacial score (nSPS) is 12.2. The Morgan fingerprint density at radius 2 is 1.57 bits per heavy atom. The number of amides is 1. The molecule has 0 heterocycles. The molecule has 1 amide bonds. The minimum absolute atomic E-state index is 0.137. The lowest BCUT2D eigenvalue weighted by Crippen LogP contribution is -2.30. The molecule has 0 aromatic heterocycles. The molecule has 1 atom stereocenters. The lowest BCUT2D eigenvalue weighted by molar-refractivity contribution is 0.0940. The number of halogens is 1. The van der Waals surface area contributed by atoms with E-state index >= 15 is 0 Å². The zero-order valence-corrected chi connectivity index (χ0v) is 17.6. The van der Waals surface area contributed by atoms with Crippen LogP contribution >= 0.6 is 0 Å². The largest absolute Gasteiger partial charge is 0.346 e. The SMILES string of the molecule is C[C@@H](NC(=O)c1ccc(N(Cc2ccccc2F)S(C)(=O)=O)cc1)c1ccccc1. The average Bonchev–Trinajstić information content (AvgIpc) is 2.73. The monoisotopic (exact) mass is 426 g/mol. The quantitative estimate of drug-likeness (QED) is 0.613. The van der Waals surface area contributed by atoms with Crippen LogP contribution in [0.25, 0.3) is 0 Å². The van der Waals surface area contributed by atoms with Gasteiger partial charge in [-0.2, -0.15) is 0 Å². The molecule has 156 valence electrons. The van der Waals surface area contributed by atoms with E-state index in [-0.39, 0.29) is 24.1 Å². The van der Waals surface area contributed by atoms with Gasteiger partial charge < -0.3 is 5.32 Å². The van der Waals surface area contributed by atoms with Gasteiger partial charge in [0.15, 0.2) is 0 Å². The first-order valence-corrected chi connectivity index (χ1v) is 11.3. The molecule has 0 spiro atoms. The van der Waals surface area contributed by atoms with Crippen molar-refractivity contribution in [3.63, 3.8) is 0 Å². The Bertz CT molecular complexity index is 1120. The van der Waals surface area contributed by atoms with Crippen molar-refractivity contribution in [2.24, 2.45) is 0 Å². The Labute approximate surface area is 176 Å². The summed E-state index contributed by atoms with van der Waals surface area (Å²) in [6.45, 7) is 1.75. The smallest absolute Gasteiger partial charge is 0.251 e. The highest BCUT2D eigenvalue weighted by atomic mass is 32.2. The van der Waals surface area contributed by atoms with Gasteiger partial charge in [0, 0.05) is 11.1 Å². The molecule has 0 aliphatic heterocycles. The van der Waals surface area contributed by atoms with Crippen molar-refractivity contribution in [2.75, 3.05) is 10.6 Å². The topological polar surface area (TPSA) is 66.5 Å². The van der Waals surface area contributed by atoms with Gasteiger partial charge in [0.25, 0.3) is 5.91 Å². The third-order valence-electron chi connectivity index (χ3n) is 4.74. The Morgan fingerprint density at radius 3 is 2.17 bits per heavy atom. The molecule has 5 nitrogen and oxygen atoms in total.